The van der Waals surface area contributed by atoms with Crippen LogP contribution in [0.2, 0.25) is 0 Å². The number of anilines is 1. The highest BCUT2D eigenvalue weighted by molar-refractivity contribution is 7.13. The second-order valence-electron chi connectivity index (χ2n) is 6.51. The van der Waals surface area contributed by atoms with Crippen molar-refractivity contribution in [3.05, 3.63) is 71.7 Å². The van der Waals surface area contributed by atoms with Gasteiger partial charge in [-0.25, -0.2) is 9.78 Å². The summed E-state index contributed by atoms with van der Waals surface area (Å²) in [5.74, 6) is 1.55. The van der Waals surface area contributed by atoms with Gasteiger partial charge in [0.15, 0.2) is 5.13 Å². The van der Waals surface area contributed by atoms with E-state index < -0.39 is 0 Å². The Morgan fingerprint density at radius 2 is 1.82 bits per heavy atom. The molecule has 0 bridgehead atoms. The van der Waals surface area contributed by atoms with Crippen molar-refractivity contribution in [3.8, 4) is 11.5 Å². The molecular weight excluding hydrogens is 372 g/mol. The second kappa shape index (κ2) is 8.75. The Bertz CT molecular complexity index is 894. The van der Waals surface area contributed by atoms with Crippen LogP contribution in [0.4, 0.5) is 9.93 Å². The van der Waals surface area contributed by atoms with E-state index in [9.17, 15) is 4.79 Å². The molecule has 1 aliphatic heterocycles. The summed E-state index contributed by atoms with van der Waals surface area (Å²) in [5.41, 5.74) is 1.00. The first-order chi connectivity index (χ1) is 13.8. The third-order valence-electron chi connectivity index (χ3n) is 4.58. The zero-order valence-corrected chi connectivity index (χ0v) is 16.3. The van der Waals surface area contributed by atoms with Gasteiger partial charge >= 0.3 is 6.03 Å². The zero-order valence-electron chi connectivity index (χ0n) is 15.5. The van der Waals surface area contributed by atoms with Crippen LogP contribution in [0.1, 0.15) is 5.56 Å². The van der Waals surface area contributed by atoms with Crippen LogP contribution in [-0.4, -0.2) is 42.1 Å². The average Bonchev–Trinajstić information content (AvgIpc) is 3.28. The predicted molar refractivity (Wildman–Crippen MR) is 111 cm³/mol. The van der Waals surface area contributed by atoms with E-state index in [1.165, 1.54) is 0 Å². The number of amides is 2. The molecule has 0 spiro atoms. The molecule has 4 rings (SSSR count). The summed E-state index contributed by atoms with van der Waals surface area (Å²) in [4.78, 5) is 20.9. The third-order valence-corrected chi connectivity index (χ3v) is 5.41. The summed E-state index contributed by atoms with van der Waals surface area (Å²) in [6.07, 6.45) is 1.81. The van der Waals surface area contributed by atoms with Crippen molar-refractivity contribution < 1.29 is 9.53 Å². The highest BCUT2D eigenvalue weighted by Crippen LogP contribution is 2.22. The number of aromatic nitrogens is 1. The van der Waals surface area contributed by atoms with Gasteiger partial charge in [-0.15, -0.1) is 11.3 Å². The average molecular weight is 395 g/mol. The first kappa shape index (κ1) is 18.3. The zero-order chi connectivity index (χ0) is 19.2. The summed E-state index contributed by atoms with van der Waals surface area (Å²) in [5, 5.41) is 6.01. The molecule has 1 aliphatic rings. The van der Waals surface area contributed by atoms with Crippen LogP contribution in [0.5, 0.6) is 11.5 Å². The van der Waals surface area contributed by atoms with Crippen LogP contribution in [0, 0.1) is 0 Å². The number of hydrogen-bond donors (Lipinski definition) is 1. The van der Waals surface area contributed by atoms with Gasteiger partial charge in [0.05, 0.1) is 0 Å². The Hall–Kier alpha value is -3.06. The Morgan fingerprint density at radius 1 is 1.04 bits per heavy atom. The predicted octanol–water partition coefficient (Wildman–Crippen LogP) is 3.97. The fourth-order valence-electron chi connectivity index (χ4n) is 3.11. The molecule has 1 aromatic heterocycles. The van der Waals surface area contributed by atoms with Crippen LogP contribution in [-0.2, 0) is 6.54 Å². The molecule has 144 valence electrons. The van der Waals surface area contributed by atoms with E-state index >= 15 is 0 Å². The molecule has 0 atom stereocenters. The minimum Gasteiger partial charge on any atom is -0.457 e. The number of carbonyl (C=O) groups is 1. The fourth-order valence-corrected chi connectivity index (χ4v) is 3.80. The number of para-hydroxylation sites is 1. The number of hydrogen-bond acceptors (Lipinski definition) is 5. The molecule has 0 aliphatic carbocycles. The maximum atomic E-state index is 12.5. The third kappa shape index (κ3) is 4.61. The van der Waals surface area contributed by atoms with E-state index in [1.807, 2.05) is 71.1 Å². The van der Waals surface area contributed by atoms with Crippen LogP contribution in [0.3, 0.4) is 0 Å². The van der Waals surface area contributed by atoms with Gasteiger partial charge in [0, 0.05) is 44.3 Å². The summed E-state index contributed by atoms with van der Waals surface area (Å²) >= 11 is 1.63. The largest absolute Gasteiger partial charge is 0.457 e. The quantitative estimate of drug-likeness (QED) is 0.711. The lowest BCUT2D eigenvalue weighted by Gasteiger charge is -2.34. The van der Waals surface area contributed by atoms with E-state index in [4.69, 9.17) is 4.74 Å². The van der Waals surface area contributed by atoms with Crippen LogP contribution >= 0.6 is 11.3 Å². The number of urea groups is 1. The standard InChI is InChI=1S/C21H22N4O2S/c26-20(24-10-12-25(13-11-24)21-22-9-14-28-21)23-16-17-5-4-8-19(15-17)27-18-6-2-1-3-7-18/h1-9,14-15H,10-13,16H2,(H,23,26). The molecule has 28 heavy (non-hydrogen) atoms. The van der Waals surface area contributed by atoms with Crippen LogP contribution in [0.15, 0.2) is 66.2 Å². The van der Waals surface area contributed by atoms with Gasteiger partial charge in [0.1, 0.15) is 11.5 Å². The monoisotopic (exact) mass is 394 g/mol. The molecule has 1 saturated heterocycles. The lowest BCUT2D eigenvalue weighted by atomic mass is 10.2. The van der Waals surface area contributed by atoms with Gasteiger partial charge in [-0.3, -0.25) is 0 Å². The molecule has 2 amide bonds. The molecule has 7 heteroatoms. The Balaban J connectivity index is 1.27. The van der Waals surface area contributed by atoms with Crippen molar-refractivity contribution >= 4 is 22.5 Å². The molecule has 1 N–H and O–H groups in total. The number of piperazine rings is 1. The van der Waals surface area contributed by atoms with E-state index in [0.29, 0.717) is 19.6 Å². The number of thiazole rings is 1. The summed E-state index contributed by atoms with van der Waals surface area (Å²) < 4.78 is 5.86. The summed E-state index contributed by atoms with van der Waals surface area (Å²) in [7, 11) is 0. The maximum absolute atomic E-state index is 12.5. The summed E-state index contributed by atoms with van der Waals surface area (Å²) in [6, 6.07) is 17.4. The second-order valence-corrected chi connectivity index (χ2v) is 7.38. The highest BCUT2D eigenvalue weighted by atomic mass is 32.1. The van der Waals surface area contributed by atoms with Crippen LogP contribution in [0.25, 0.3) is 0 Å². The number of carbonyl (C=O) groups excluding carboxylic acids is 1. The summed E-state index contributed by atoms with van der Waals surface area (Å²) in [6.45, 7) is 3.48. The molecule has 2 aromatic carbocycles. The molecule has 1 fully saturated rings. The molecule has 0 radical (unpaired) electrons. The van der Waals surface area contributed by atoms with Gasteiger partial charge in [-0.2, -0.15) is 0 Å². The Morgan fingerprint density at radius 3 is 2.57 bits per heavy atom. The molecular formula is C21H22N4O2S. The molecule has 2 heterocycles. The SMILES string of the molecule is O=C(NCc1cccc(Oc2ccccc2)c1)N1CCN(c2nccs2)CC1. The van der Waals surface area contributed by atoms with Crippen molar-refractivity contribution in [3.63, 3.8) is 0 Å². The van der Waals surface area contributed by atoms with E-state index in [0.717, 1.165) is 35.3 Å². The normalized spacial score (nSPS) is 14.0. The van der Waals surface area contributed by atoms with Crippen molar-refractivity contribution in [1.29, 1.82) is 0 Å². The van der Waals surface area contributed by atoms with Gasteiger partial charge < -0.3 is 19.9 Å². The van der Waals surface area contributed by atoms with E-state index in [-0.39, 0.29) is 6.03 Å². The molecule has 0 unspecified atom stereocenters. The van der Waals surface area contributed by atoms with Crippen molar-refractivity contribution in [1.82, 2.24) is 15.2 Å². The lowest BCUT2D eigenvalue weighted by Crippen LogP contribution is -2.51. The topological polar surface area (TPSA) is 57.7 Å². The number of nitrogens with zero attached hydrogens (tertiary/aromatic N) is 3. The molecule has 0 saturated carbocycles. The lowest BCUT2D eigenvalue weighted by molar-refractivity contribution is 0.194. The van der Waals surface area contributed by atoms with Gasteiger partial charge in [0.2, 0.25) is 0 Å². The van der Waals surface area contributed by atoms with Gasteiger partial charge in [-0.05, 0) is 29.8 Å². The highest BCUT2D eigenvalue weighted by Gasteiger charge is 2.22. The number of nitrogens with one attached hydrogen (secondary N) is 1. The van der Waals surface area contributed by atoms with Gasteiger partial charge in [0.25, 0.3) is 0 Å². The number of benzene rings is 2. The number of rotatable bonds is 5. The fraction of sp³-hybridized carbons (Fsp3) is 0.238. The smallest absolute Gasteiger partial charge is 0.317 e. The molecule has 6 nitrogen and oxygen atoms in total. The minimum absolute atomic E-state index is 0.0341. The van der Waals surface area contributed by atoms with Crippen LogP contribution < -0.4 is 15.0 Å². The number of ether oxygens (including phenoxy) is 1. The van der Waals surface area contributed by atoms with E-state index in [2.05, 4.69) is 15.2 Å². The minimum atomic E-state index is -0.0341. The first-order valence-corrected chi connectivity index (χ1v) is 10.1. The van der Waals surface area contributed by atoms with Crippen molar-refractivity contribution in [2.75, 3.05) is 31.1 Å². The van der Waals surface area contributed by atoms with E-state index in [1.54, 1.807) is 11.3 Å². The Labute approximate surface area is 168 Å². The first-order valence-electron chi connectivity index (χ1n) is 9.27. The van der Waals surface area contributed by atoms with Gasteiger partial charge in [-0.1, -0.05) is 30.3 Å². The van der Waals surface area contributed by atoms with Crippen molar-refractivity contribution in [2.45, 2.75) is 6.54 Å². The Kier molecular flexibility index (Phi) is 5.72. The molecule has 3 aromatic rings. The van der Waals surface area contributed by atoms with Crippen molar-refractivity contribution in [2.24, 2.45) is 0 Å². The maximum Gasteiger partial charge on any atom is 0.317 e.